The minimum Gasteiger partial charge on any atom is -0.488 e. The van der Waals surface area contributed by atoms with Crippen LogP contribution in [-0.2, 0) is 13.2 Å². The number of nitrogens with zero attached hydrogens (tertiary/aromatic N) is 1. The van der Waals surface area contributed by atoms with Crippen molar-refractivity contribution in [3.05, 3.63) is 85.6 Å². The van der Waals surface area contributed by atoms with E-state index in [-0.39, 0.29) is 5.69 Å². The molecule has 3 N–H and O–H groups in total. The van der Waals surface area contributed by atoms with E-state index in [0.29, 0.717) is 23.9 Å². The summed E-state index contributed by atoms with van der Waals surface area (Å²) < 4.78 is 5.77. The summed E-state index contributed by atoms with van der Waals surface area (Å²) in [5, 5.41) is 18.5. The van der Waals surface area contributed by atoms with E-state index in [1.54, 1.807) is 17.4 Å². The molecule has 0 aliphatic rings. The Morgan fingerprint density at radius 1 is 1.18 bits per heavy atom. The summed E-state index contributed by atoms with van der Waals surface area (Å²) in [5.41, 5.74) is 1.91. The first-order chi connectivity index (χ1) is 13.6. The number of nitrogens with one attached hydrogen (secondary N) is 1. The number of nitro groups is 1. The van der Waals surface area contributed by atoms with E-state index < -0.39 is 4.92 Å². The summed E-state index contributed by atoms with van der Waals surface area (Å²) in [5.74, 6) is 0.867. The van der Waals surface area contributed by atoms with Gasteiger partial charge in [-0.2, -0.15) is 0 Å². The van der Waals surface area contributed by atoms with Gasteiger partial charge in [-0.05, 0) is 41.8 Å². The molecule has 1 aromatic heterocycles. The summed E-state index contributed by atoms with van der Waals surface area (Å²) >= 11 is 7.75. The molecular formula is C20H21ClN3O3S+. The van der Waals surface area contributed by atoms with E-state index in [0.717, 1.165) is 18.8 Å². The lowest BCUT2D eigenvalue weighted by Gasteiger charge is -2.08. The van der Waals surface area contributed by atoms with Gasteiger partial charge in [0.05, 0.1) is 28.7 Å². The van der Waals surface area contributed by atoms with E-state index in [4.69, 9.17) is 16.3 Å². The number of benzene rings is 2. The van der Waals surface area contributed by atoms with Crippen molar-refractivity contribution in [1.29, 1.82) is 0 Å². The molecule has 0 atom stereocenters. The molecule has 0 aliphatic heterocycles. The Hall–Kier alpha value is -2.61. The zero-order valence-corrected chi connectivity index (χ0v) is 16.7. The van der Waals surface area contributed by atoms with Crippen LogP contribution in [0.5, 0.6) is 5.75 Å². The van der Waals surface area contributed by atoms with Gasteiger partial charge in [0.2, 0.25) is 0 Å². The van der Waals surface area contributed by atoms with Crippen LogP contribution in [-0.4, -0.2) is 18.0 Å². The maximum absolute atomic E-state index is 10.7. The second-order valence-electron chi connectivity index (χ2n) is 6.14. The first-order valence-corrected chi connectivity index (χ1v) is 10.1. The normalized spacial score (nSPS) is 10.6. The predicted molar refractivity (Wildman–Crippen MR) is 112 cm³/mol. The van der Waals surface area contributed by atoms with Crippen LogP contribution in [0.3, 0.4) is 0 Å². The molecule has 0 saturated heterocycles. The third-order valence-corrected chi connectivity index (χ3v) is 5.25. The van der Waals surface area contributed by atoms with E-state index in [1.807, 2.05) is 23.6 Å². The van der Waals surface area contributed by atoms with E-state index in [1.165, 1.54) is 22.6 Å². The quantitative estimate of drug-likeness (QED) is 0.295. The average Bonchev–Trinajstić information content (AvgIpc) is 3.21. The number of hydrogen-bond acceptors (Lipinski definition) is 5. The number of nitro benzene ring substituents is 1. The van der Waals surface area contributed by atoms with Crippen LogP contribution >= 0.6 is 22.9 Å². The van der Waals surface area contributed by atoms with Crippen molar-refractivity contribution in [2.75, 3.05) is 18.4 Å². The number of halogens is 1. The van der Waals surface area contributed by atoms with Crippen molar-refractivity contribution < 1.29 is 15.0 Å². The molecule has 6 nitrogen and oxygen atoms in total. The van der Waals surface area contributed by atoms with Crippen LogP contribution in [0.1, 0.15) is 10.4 Å². The van der Waals surface area contributed by atoms with Gasteiger partial charge in [-0.3, -0.25) is 10.1 Å². The Morgan fingerprint density at radius 3 is 2.68 bits per heavy atom. The Morgan fingerprint density at radius 2 is 2.00 bits per heavy atom. The van der Waals surface area contributed by atoms with Crippen LogP contribution in [0, 0.1) is 10.1 Å². The molecule has 0 fully saturated rings. The smallest absolute Gasteiger partial charge is 0.271 e. The van der Waals surface area contributed by atoms with E-state index in [9.17, 15) is 10.1 Å². The molecule has 1 heterocycles. The van der Waals surface area contributed by atoms with Gasteiger partial charge in [0, 0.05) is 22.6 Å². The number of quaternary nitrogens is 1. The van der Waals surface area contributed by atoms with Gasteiger partial charge in [-0.25, -0.2) is 0 Å². The van der Waals surface area contributed by atoms with E-state index in [2.05, 4.69) is 28.8 Å². The lowest BCUT2D eigenvalue weighted by molar-refractivity contribution is -0.668. The third-order valence-electron chi connectivity index (χ3n) is 4.09. The molecule has 146 valence electrons. The number of hydrogen-bond donors (Lipinski definition) is 2. The maximum atomic E-state index is 10.7. The molecule has 3 aromatic rings. The number of nitrogens with two attached hydrogens (primary N) is 1. The third kappa shape index (κ3) is 5.95. The fourth-order valence-corrected chi connectivity index (χ4v) is 3.47. The molecular weight excluding hydrogens is 398 g/mol. The van der Waals surface area contributed by atoms with Crippen LogP contribution < -0.4 is 15.4 Å². The molecule has 0 aliphatic carbocycles. The molecule has 2 aromatic carbocycles. The number of ether oxygens (including phenoxy) is 1. The lowest BCUT2D eigenvalue weighted by Crippen LogP contribution is -2.83. The van der Waals surface area contributed by atoms with Crippen molar-refractivity contribution in [2.24, 2.45) is 0 Å². The number of non-ortho nitro benzene ring substituents is 1. The summed E-state index contributed by atoms with van der Waals surface area (Å²) in [6.07, 6.45) is 0. The van der Waals surface area contributed by atoms with Gasteiger partial charge in [-0.1, -0.05) is 17.7 Å². The van der Waals surface area contributed by atoms with Crippen molar-refractivity contribution in [2.45, 2.75) is 13.2 Å². The second kappa shape index (κ2) is 10.1. The molecule has 0 unspecified atom stereocenters. The minimum atomic E-state index is -0.456. The highest BCUT2D eigenvalue weighted by Crippen LogP contribution is 2.26. The fourth-order valence-electron chi connectivity index (χ4n) is 2.61. The zero-order chi connectivity index (χ0) is 19.8. The van der Waals surface area contributed by atoms with Crippen molar-refractivity contribution >= 4 is 34.3 Å². The molecule has 3 rings (SSSR count). The molecule has 0 spiro atoms. The van der Waals surface area contributed by atoms with Gasteiger partial charge < -0.3 is 15.4 Å². The average molecular weight is 419 g/mol. The number of thiophene rings is 1. The van der Waals surface area contributed by atoms with Crippen LogP contribution in [0.25, 0.3) is 0 Å². The van der Waals surface area contributed by atoms with Crippen LogP contribution in [0.2, 0.25) is 5.02 Å². The van der Waals surface area contributed by atoms with Crippen molar-refractivity contribution in [3.8, 4) is 5.75 Å². The highest BCUT2D eigenvalue weighted by Gasteiger charge is 2.09. The van der Waals surface area contributed by atoms with Gasteiger partial charge in [-0.15, -0.1) is 11.3 Å². The molecule has 28 heavy (non-hydrogen) atoms. The molecule has 0 radical (unpaired) electrons. The standard InChI is InChI=1S/C20H20ClN3O3S/c21-19-12-16(24(25)26)5-8-20(19)23-10-9-22-13-15-3-6-17(7-4-15)27-14-18-2-1-11-28-18/h1-8,11-12,22-23H,9-10,13-14H2/p+1. The topological polar surface area (TPSA) is 81.0 Å². The number of rotatable bonds is 10. The fraction of sp³-hybridized carbons (Fsp3) is 0.200. The van der Waals surface area contributed by atoms with Gasteiger partial charge in [0.25, 0.3) is 5.69 Å². The minimum absolute atomic E-state index is 0.00933. The Bertz CT molecular complexity index is 902. The first kappa shape index (κ1) is 20.1. The van der Waals surface area contributed by atoms with Gasteiger partial charge >= 0.3 is 0 Å². The highest BCUT2D eigenvalue weighted by molar-refractivity contribution is 7.09. The predicted octanol–water partition coefficient (Wildman–Crippen LogP) is 4.06. The maximum Gasteiger partial charge on any atom is 0.271 e. The van der Waals surface area contributed by atoms with Crippen LogP contribution in [0.15, 0.2) is 60.0 Å². The van der Waals surface area contributed by atoms with Crippen molar-refractivity contribution in [3.63, 3.8) is 0 Å². The van der Waals surface area contributed by atoms with Crippen LogP contribution in [0.4, 0.5) is 11.4 Å². The summed E-state index contributed by atoms with van der Waals surface area (Å²) in [6, 6.07) is 16.6. The number of anilines is 1. The largest absolute Gasteiger partial charge is 0.488 e. The van der Waals surface area contributed by atoms with Crippen molar-refractivity contribution in [1.82, 2.24) is 0 Å². The Kier molecular flexibility index (Phi) is 7.25. The van der Waals surface area contributed by atoms with Gasteiger partial charge in [0.15, 0.2) is 0 Å². The molecule has 0 bridgehead atoms. The monoisotopic (exact) mass is 418 g/mol. The summed E-state index contributed by atoms with van der Waals surface area (Å²) in [6.45, 7) is 3.02. The molecule has 0 amide bonds. The highest BCUT2D eigenvalue weighted by atomic mass is 35.5. The first-order valence-electron chi connectivity index (χ1n) is 8.85. The second-order valence-corrected chi connectivity index (χ2v) is 7.58. The summed E-state index contributed by atoms with van der Waals surface area (Å²) in [4.78, 5) is 11.5. The van der Waals surface area contributed by atoms with Gasteiger partial charge in [0.1, 0.15) is 18.9 Å². The lowest BCUT2D eigenvalue weighted by atomic mass is 10.2. The Labute approximate surface area is 172 Å². The Balaban J connectivity index is 1.36. The zero-order valence-electron chi connectivity index (χ0n) is 15.1. The summed E-state index contributed by atoms with van der Waals surface area (Å²) in [7, 11) is 0. The molecule has 0 saturated carbocycles. The SMILES string of the molecule is O=[N+]([O-])c1ccc(NCC[NH2+]Cc2ccc(OCc3cccs3)cc2)c(Cl)c1. The molecule has 8 heteroatoms. The van der Waals surface area contributed by atoms with E-state index >= 15 is 0 Å².